The topological polar surface area (TPSA) is 74.8 Å². The molecule has 0 fully saturated rings. The van der Waals surface area contributed by atoms with Gasteiger partial charge in [-0.2, -0.15) is 13.2 Å². The van der Waals surface area contributed by atoms with Crippen LogP contribution in [0.2, 0.25) is 0 Å². The summed E-state index contributed by atoms with van der Waals surface area (Å²) in [5, 5.41) is 8.71. The highest BCUT2D eigenvalue weighted by Gasteiger charge is 2.26. The standard InChI is InChI=1S/C17H33F3N4O2.HI/c1-6-8-9-13(12-23-15(25)26-16(3,4)5)24-14(21-7-2)22-11-10-17(18,19)20;/h13H,6-12H2,1-5H3,(H,23,25)(H2,21,22,24);1H. The highest BCUT2D eigenvalue weighted by atomic mass is 127. The maximum absolute atomic E-state index is 12.3. The van der Waals surface area contributed by atoms with Crippen LogP contribution in [0.4, 0.5) is 18.0 Å². The molecule has 10 heteroatoms. The van der Waals surface area contributed by atoms with Crippen molar-refractivity contribution in [2.75, 3.05) is 19.6 Å². The van der Waals surface area contributed by atoms with Crippen LogP contribution in [-0.4, -0.2) is 49.5 Å². The SMILES string of the molecule is CCCCC(CNC(=O)OC(C)(C)C)NC(=NCCC(F)(F)F)NCC.I. The van der Waals surface area contributed by atoms with Gasteiger partial charge < -0.3 is 20.7 Å². The number of carbonyl (C=O) groups is 1. The Morgan fingerprint density at radius 3 is 2.26 bits per heavy atom. The van der Waals surface area contributed by atoms with Crippen LogP contribution in [0.1, 0.15) is 60.3 Å². The summed E-state index contributed by atoms with van der Waals surface area (Å²) in [6, 6.07) is -0.161. The lowest BCUT2D eigenvalue weighted by Crippen LogP contribution is -2.49. The molecule has 0 aliphatic rings. The molecule has 0 aromatic carbocycles. The van der Waals surface area contributed by atoms with Crippen molar-refractivity contribution >= 4 is 36.0 Å². The Kier molecular flexibility index (Phi) is 14.8. The fourth-order valence-electron chi connectivity index (χ4n) is 2.00. The molecule has 1 atom stereocenters. The number of halogens is 4. The second-order valence-corrected chi connectivity index (χ2v) is 6.99. The largest absolute Gasteiger partial charge is 0.444 e. The Balaban J connectivity index is 0. The van der Waals surface area contributed by atoms with Gasteiger partial charge in [-0.05, 0) is 34.1 Å². The summed E-state index contributed by atoms with van der Waals surface area (Å²) in [5.41, 5.74) is -0.593. The van der Waals surface area contributed by atoms with Crippen LogP contribution in [0.15, 0.2) is 4.99 Å². The van der Waals surface area contributed by atoms with Crippen LogP contribution in [-0.2, 0) is 4.74 Å². The summed E-state index contributed by atoms with van der Waals surface area (Å²) in [7, 11) is 0. The van der Waals surface area contributed by atoms with Crippen LogP contribution >= 0.6 is 24.0 Å². The second kappa shape index (κ2) is 14.1. The molecule has 6 nitrogen and oxygen atoms in total. The highest BCUT2D eigenvalue weighted by molar-refractivity contribution is 14.0. The van der Waals surface area contributed by atoms with Gasteiger partial charge in [0, 0.05) is 19.1 Å². The minimum Gasteiger partial charge on any atom is -0.444 e. The van der Waals surface area contributed by atoms with Crippen molar-refractivity contribution in [3.05, 3.63) is 0 Å². The Bertz CT molecular complexity index is 441. The highest BCUT2D eigenvalue weighted by Crippen LogP contribution is 2.18. The quantitative estimate of drug-likeness (QED) is 0.247. The van der Waals surface area contributed by atoms with Crippen LogP contribution in [0, 0.1) is 0 Å². The molecule has 0 heterocycles. The van der Waals surface area contributed by atoms with E-state index >= 15 is 0 Å². The summed E-state index contributed by atoms with van der Waals surface area (Å²) in [6.07, 6.45) is -3.11. The number of hydrogen-bond donors (Lipinski definition) is 3. The molecule has 27 heavy (non-hydrogen) atoms. The Morgan fingerprint density at radius 2 is 1.78 bits per heavy atom. The lowest BCUT2D eigenvalue weighted by molar-refractivity contribution is -0.132. The molecule has 0 aliphatic carbocycles. The molecule has 0 saturated carbocycles. The van der Waals surface area contributed by atoms with Crippen molar-refractivity contribution < 1.29 is 22.7 Å². The molecule has 0 aliphatic heterocycles. The molecular weight excluding hydrogens is 476 g/mol. The van der Waals surface area contributed by atoms with Crippen molar-refractivity contribution in [3.63, 3.8) is 0 Å². The van der Waals surface area contributed by atoms with Gasteiger partial charge in [0.1, 0.15) is 5.60 Å². The van der Waals surface area contributed by atoms with E-state index in [4.69, 9.17) is 4.74 Å². The molecule has 0 spiro atoms. The molecular formula is C17H34F3IN4O2. The number of rotatable bonds is 9. The van der Waals surface area contributed by atoms with Gasteiger partial charge in [-0.3, -0.25) is 4.99 Å². The third kappa shape index (κ3) is 18.2. The first-order valence-electron chi connectivity index (χ1n) is 9.05. The zero-order valence-corrected chi connectivity index (χ0v) is 19.2. The zero-order chi connectivity index (χ0) is 20.2. The number of amides is 1. The fraction of sp³-hybridized carbons (Fsp3) is 0.882. The summed E-state index contributed by atoms with van der Waals surface area (Å²) in [4.78, 5) is 15.8. The number of nitrogens with zero attached hydrogens (tertiary/aromatic N) is 1. The van der Waals surface area contributed by atoms with E-state index in [1.54, 1.807) is 20.8 Å². The third-order valence-corrected chi connectivity index (χ3v) is 3.15. The van der Waals surface area contributed by atoms with Gasteiger partial charge in [-0.25, -0.2) is 4.79 Å². The van der Waals surface area contributed by atoms with Gasteiger partial charge in [0.2, 0.25) is 0 Å². The molecule has 1 unspecified atom stereocenters. The van der Waals surface area contributed by atoms with Gasteiger partial charge >= 0.3 is 12.3 Å². The van der Waals surface area contributed by atoms with Gasteiger partial charge in [0.05, 0.1) is 13.0 Å². The molecule has 0 rings (SSSR count). The van der Waals surface area contributed by atoms with E-state index in [2.05, 4.69) is 20.9 Å². The molecule has 3 N–H and O–H groups in total. The van der Waals surface area contributed by atoms with Crippen molar-refractivity contribution in [2.24, 2.45) is 4.99 Å². The van der Waals surface area contributed by atoms with E-state index in [0.717, 1.165) is 19.3 Å². The second-order valence-electron chi connectivity index (χ2n) is 6.99. The molecule has 0 aromatic heterocycles. The van der Waals surface area contributed by atoms with Gasteiger partial charge in [-0.1, -0.05) is 19.8 Å². The van der Waals surface area contributed by atoms with Crippen LogP contribution in [0.3, 0.4) is 0 Å². The molecule has 1 amide bonds. The summed E-state index contributed by atoms with van der Waals surface area (Å²) >= 11 is 0. The lowest BCUT2D eigenvalue weighted by Gasteiger charge is -2.24. The molecule has 162 valence electrons. The van der Waals surface area contributed by atoms with Crippen molar-refractivity contribution in [2.45, 2.75) is 78.1 Å². The number of alkyl halides is 3. The minimum atomic E-state index is -4.24. The van der Waals surface area contributed by atoms with Crippen LogP contribution in [0.5, 0.6) is 0 Å². The minimum absolute atomic E-state index is 0. The average Bonchev–Trinajstić information content (AvgIpc) is 2.47. The molecule has 0 aromatic rings. The lowest BCUT2D eigenvalue weighted by atomic mass is 10.1. The molecule has 0 radical (unpaired) electrons. The number of unbranched alkanes of at least 4 members (excludes halogenated alkanes) is 1. The maximum Gasteiger partial charge on any atom is 0.407 e. The number of carbonyl (C=O) groups excluding carboxylic acids is 1. The van der Waals surface area contributed by atoms with E-state index in [9.17, 15) is 18.0 Å². The summed E-state index contributed by atoms with van der Waals surface area (Å²) in [5.74, 6) is 0.309. The maximum atomic E-state index is 12.3. The number of alkyl carbamates (subject to hydrolysis) is 1. The number of guanidine groups is 1. The average molecular weight is 510 g/mol. The molecule has 0 saturated heterocycles. The van der Waals surface area contributed by atoms with Gasteiger partial charge in [-0.15, -0.1) is 24.0 Å². The fourth-order valence-corrected chi connectivity index (χ4v) is 2.00. The Labute approximate surface area is 177 Å². The summed E-state index contributed by atoms with van der Waals surface area (Å²) < 4.78 is 42.1. The number of hydrogen-bond acceptors (Lipinski definition) is 3. The van der Waals surface area contributed by atoms with Gasteiger partial charge in [0.15, 0.2) is 5.96 Å². The molecule has 0 bridgehead atoms. The van der Waals surface area contributed by atoms with E-state index in [1.165, 1.54) is 0 Å². The van der Waals surface area contributed by atoms with Crippen molar-refractivity contribution in [1.82, 2.24) is 16.0 Å². The smallest absolute Gasteiger partial charge is 0.407 e. The predicted molar refractivity (Wildman–Crippen MR) is 113 cm³/mol. The number of aliphatic imine (C=N–C) groups is 1. The Hall–Kier alpha value is -0.940. The van der Waals surface area contributed by atoms with E-state index in [0.29, 0.717) is 19.0 Å². The van der Waals surface area contributed by atoms with Crippen LogP contribution in [0.25, 0.3) is 0 Å². The first-order valence-corrected chi connectivity index (χ1v) is 9.05. The third-order valence-electron chi connectivity index (χ3n) is 3.15. The number of nitrogens with one attached hydrogen (secondary N) is 3. The van der Waals surface area contributed by atoms with E-state index in [1.807, 2.05) is 13.8 Å². The van der Waals surface area contributed by atoms with Crippen LogP contribution < -0.4 is 16.0 Å². The first kappa shape index (κ1) is 28.3. The zero-order valence-electron chi connectivity index (χ0n) is 16.8. The van der Waals surface area contributed by atoms with E-state index in [-0.39, 0.29) is 36.6 Å². The summed E-state index contributed by atoms with van der Waals surface area (Å²) in [6.45, 7) is 9.67. The monoisotopic (exact) mass is 510 g/mol. The Morgan fingerprint density at radius 1 is 1.15 bits per heavy atom. The number of ether oxygens (including phenoxy) is 1. The van der Waals surface area contributed by atoms with Crippen molar-refractivity contribution in [3.8, 4) is 0 Å². The first-order chi connectivity index (χ1) is 12.0. The van der Waals surface area contributed by atoms with Crippen molar-refractivity contribution in [1.29, 1.82) is 0 Å². The normalized spacial score (nSPS) is 13.4. The van der Waals surface area contributed by atoms with E-state index < -0.39 is 24.3 Å². The van der Waals surface area contributed by atoms with Gasteiger partial charge in [0.25, 0.3) is 0 Å². The predicted octanol–water partition coefficient (Wildman–Crippen LogP) is 4.20.